The van der Waals surface area contributed by atoms with Gasteiger partial charge in [0, 0.05) is 19.2 Å². The van der Waals surface area contributed by atoms with Gasteiger partial charge in [0.1, 0.15) is 11.6 Å². The molecule has 0 aromatic heterocycles. The van der Waals surface area contributed by atoms with Crippen LogP contribution in [0.3, 0.4) is 0 Å². The molecule has 1 aromatic carbocycles. The van der Waals surface area contributed by atoms with Crippen molar-refractivity contribution in [2.45, 2.75) is 18.9 Å². The summed E-state index contributed by atoms with van der Waals surface area (Å²) in [4.78, 5) is 0. The molecule has 2 rings (SSSR count). The van der Waals surface area contributed by atoms with E-state index in [1.165, 1.54) is 18.9 Å². The van der Waals surface area contributed by atoms with E-state index in [1.54, 1.807) is 0 Å². The van der Waals surface area contributed by atoms with Crippen molar-refractivity contribution in [1.82, 2.24) is 0 Å². The van der Waals surface area contributed by atoms with Gasteiger partial charge in [0.2, 0.25) is 0 Å². The summed E-state index contributed by atoms with van der Waals surface area (Å²) in [5, 5.41) is 12.4. The van der Waals surface area contributed by atoms with Gasteiger partial charge in [-0.15, -0.1) is 0 Å². The number of anilines is 1. The summed E-state index contributed by atoms with van der Waals surface area (Å²) >= 11 is 2.98. The maximum atomic E-state index is 13.4. The molecular formula is C13H16BrF2NO2. The van der Waals surface area contributed by atoms with Crippen LogP contribution in [0.2, 0.25) is 0 Å². The van der Waals surface area contributed by atoms with Crippen molar-refractivity contribution in [3.8, 4) is 0 Å². The van der Waals surface area contributed by atoms with Crippen LogP contribution in [0.25, 0.3) is 0 Å². The van der Waals surface area contributed by atoms with Gasteiger partial charge in [0.05, 0.1) is 22.9 Å². The van der Waals surface area contributed by atoms with Gasteiger partial charge < -0.3 is 15.2 Å². The highest BCUT2D eigenvalue weighted by Crippen LogP contribution is 2.28. The van der Waals surface area contributed by atoms with Crippen LogP contribution in [0.4, 0.5) is 14.5 Å². The Morgan fingerprint density at radius 1 is 1.37 bits per heavy atom. The molecule has 106 valence electrons. The largest absolute Gasteiger partial charge is 0.389 e. The average Bonchev–Trinajstić information content (AvgIpc) is 3.16. The van der Waals surface area contributed by atoms with Crippen LogP contribution in [-0.4, -0.2) is 31.0 Å². The van der Waals surface area contributed by atoms with Gasteiger partial charge >= 0.3 is 0 Å². The third-order valence-electron chi connectivity index (χ3n) is 2.90. The summed E-state index contributed by atoms with van der Waals surface area (Å²) in [5.41, 5.74) is 0.148. The highest BCUT2D eigenvalue weighted by molar-refractivity contribution is 9.10. The lowest BCUT2D eigenvalue weighted by molar-refractivity contribution is 0.0386. The van der Waals surface area contributed by atoms with Crippen LogP contribution < -0.4 is 5.32 Å². The van der Waals surface area contributed by atoms with Crippen LogP contribution in [0.5, 0.6) is 0 Å². The predicted molar refractivity (Wildman–Crippen MR) is 72.1 cm³/mol. The monoisotopic (exact) mass is 335 g/mol. The molecule has 0 amide bonds. The van der Waals surface area contributed by atoms with Gasteiger partial charge in [-0.1, -0.05) is 0 Å². The zero-order valence-corrected chi connectivity index (χ0v) is 11.9. The normalized spacial score (nSPS) is 16.4. The highest BCUT2D eigenvalue weighted by atomic mass is 79.9. The van der Waals surface area contributed by atoms with Crippen LogP contribution >= 0.6 is 15.9 Å². The molecule has 0 spiro atoms. The summed E-state index contributed by atoms with van der Waals surface area (Å²) in [7, 11) is 0. The van der Waals surface area contributed by atoms with Crippen molar-refractivity contribution in [3.05, 3.63) is 28.2 Å². The lowest BCUT2D eigenvalue weighted by atomic mass is 10.2. The zero-order chi connectivity index (χ0) is 13.8. The molecule has 19 heavy (non-hydrogen) atoms. The Labute approximate surface area is 119 Å². The van der Waals surface area contributed by atoms with E-state index in [4.69, 9.17) is 4.74 Å². The van der Waals surface area contributed by atoms with Crippen LogP contribution in [0, 0.1) is 17.6 Å². The number of aliphatic hydroxyl groups is 1. The SMILES string of the molecule is OC(CNc1cc(Br)c(F)cc1F)COCC1CC1. The van der Waals surface area contributed by atoms with Gasteiger partial charge in [-0.2, -0.15) is 0 Å². The Bertz CT molecular complexity index is 441. The molecule has 0 saturated heterocycles. The maximum absolute atomic E-state index is 13.4. The number of ether oxygens (including phenoxy) is 1. The standard InChI is InChI=1S/C13H16BrF2NO2/c14-10-3-13(12(16)4-11(10)15)17-5-9(18)7-19-6-8-1-2-8/h3-4,8-9,17-18H,1-2,5-7H2. The molecule has 0 bridgehead atoms. The van der Waals surface area contributed by atoms with E-state index in [0.29, 0.717) is 12.5 Å². The first-order valence-electron chi connectivity index (χ1n) is 6.20. The highest BCUT2D eigenvalue weighted by Gasteiger charge is 2.21. The minimum atomic E-state index is -0.720. The molecule has 1 fully saturated rings. The molecule has 1 atom stereocenters. The summed E-state index contributed by atoms with van der Waals surface area (Å²) in [6.45, 7) is 1.04. The molecular weight excluding hydrogens is 320 g/mol. The van der Waals surface area contributed by atoms with Gasteiger partial charge in [0.25, 0.3) is 0 Å². The Balaban J connectivity index is 1.75. The van der Waals surface area contributed by atoms with E-state index in [0.717, 1.165) is 6.07 Å². The number of hydrogen-bond acceptors (Lipinski definition) is 3. The molecule has 1 saturated carbocycles. The third kappa shape index (κ3) is 4.71. The minimum absolute atomic E-state index is 0.148. The molecule has 0 radical (unpaired) electrons. The van der Waals surface area contributed by atoms with Crippen LogP contribution in [-0.2, 0) is 4.74 Å². The van der Waals surface area contributed by atoms with E-state index < -0.39 is 17.7 Å². The van der Waals surface area contributed by atoms with E-state index in [-0.39, 0.29) is 23.3 Å². The van der Waals surface area contributed by atoms with Crippen molar-refractivity contribution < 1.29 is 18.6 Å². The molecule has 1 unspecified atom stereocenters. The maximum Gasteiger partial charge on any atom is 0.149 e. The molecule has 1 aromatic rings. The lowest BCUT2D eigenvalue weighted by Crippen LogP contribution is -2.25. The van der Waals surface area contributed by atoms with Crippen LogP contribution in [0.1, 0.15) is 12.8 Å². The first kappa shape index (κ1) is 14.7. The second-order valence-corrected chi connectivity index (χ2v) is 5.62. The van der Waals surface area contributed by atoms with Crippen molar-refractivity contribution in [3.63, 3.8) is 0 Å². The third-order valence-corrected chi connectivity index (χ3v) is 3.51. The Kier molecular flexibility index (Phi) is 5.13. The van der Waals surface area contributed by atoms with E-state index in [1.807, 2.05) is 0 Å². The fourth-order valence-electron chi connectivity index (χ4n) is 1.60. The molecule has 0 heterocycles. The van der Waals surface area contributed by atoms with Gasteiger partial charge in [0.15, 0.2) is 0 Å². The number of rotatable bonds is 7. The fourth-order valence-corrected chi connectivity index (χ4v) is 1.94. The summed E-state index contributed by atoms with van der Waals surface area (Å²) < 4.78 is 31.9. The zero-order valence-electron chi connectivity index (χ0n) is 10.3. The molecule has 3 nitrogen and oxygen atoms in total. The first-order valence-corrected chi connectivity index (χ1v) is 6.99. The van der Waals surface area contributed by atoms with E-state index >= 15 is 0 Å². The number of halogens is 3. The topological polar surface area (TPSA) is 41.5 Å². The second-order valence-electron chi connectivity index (χ2n) is 4.76. The number of benzene rings is 1. The predicted octanol–water partition coefficient (Wildman–Crippen LogP) is 2.93. The van der Waals surface area contributed by atoms with Crippen molar-refractivity contribution in [2.75, 3.05) is 25.1 Å². The van der Waals surface area contributed by atoms with Crippen molar-refractivity contribution in [1.29, 1.82) is 0 Å². The fraction of sp³-hybridized carbons (Fsp3) is 0.538. The molecule has 1 aliphatic carbocycles. The smallest absolute Gasteiger partial charge is 0.149 e. The Morgan fingerprint density at radius 3 is 2.79 bits per heavy atom. The number of aliphatic hydroxyl groups excluding tert-OH is 1. The molecule has 0 aliphatic heterocycles. The average molecular weight is 336 g/mol. The Morgan fingerprint density at radius 2 is 2.11 bits per heavy atom. The second kappa shape index (κ2) is 6.63. The van der Waals surface area contributed by atoms with E-state index in [2.05, 4.69) is 21.2 Å². The van der Waals surface area contributed by atoms with E-state index in [9.17, 15) is 13.9 Å². The number of nitrogens with one attached hydrogen (secondary N) is 1. The van der Waals surface area contributed by atoms with Crippen LogP contribution in [0.15, 0.2) is 16.6 Å². The molecule has 6 heteroatoms. The summed E-state index contributed by atoms with van der Waals surface area (Å²) in [6.07, 6.45) is 1.67. The molecule has 2 N–H and O–H groups in total. The first-order chi connectivity index (χ1) is 9.06. The van der Waals surface area contributed by atoms with Gasteiger partial charge in [-0.05, 0) is 40.8 Å². The lowest BCUT2D eigenvalue weighted by Gasteiger charge is -2.14. The minimum Gasteiger partial charge on any atom is -0.389 e. The van der Waals surface area contributed by atoms with Crippen molar-refractivity contribution in [2.24, 2.45) is 5.92 Å². The van der Waals surface area contributed by atoms with Crippen molar-refractivity contribution >= 4 is 21.6 Å². The molecule has 1 aliphatic rings. The summed E-state index contributed by atoms with van der Waals surface area (Å²) in [5.74, 6) is -0.700. The quantitative estimate of drug-likeness (QED) is 0.753. The Hall–Kier alpha value is -0.720. The van der Waals surface area contributed by atoms with Gasteiger partial charge in [-0.3, -0.25) is 0 Å². The number of hydrogen-bond donors (Lipinski definition) is 2. The van der Waals surface area contributed by atoms with Gasteiger partial charge in [-0.25, -0.2) is 8.78 Å². The summed E-state index contributed by atoms with van der Waals surface area (Å²) in [6, 6.07) is 2.10.